The summed E-state index contributed by atoms with van der Waals surface area (Å²) in [7, 11) is 1.63. The van der Waals surface area contributed by atoms with Crippen molar-refractivity contribution < 1.29 is 19.0 Å². The molecule has 0 aliphatic carbocycles. The predicted octanol–water partition coefficient (Wildman–Crippen LogP) is 4.73. The van der Waals surface area contributed by atoms with Crippen molar-refractivity contribution in [3.05, 3.63) is 78.2 Å². The number of hydrogen-bond acceptors (Lipinski definition) is 6. The van der Waals surface area contributed by atoms with Crippen LogP contribution in [0.2, 0.25) is 0 Å². The van der Waals surface area contributed by atoms with Gasteiger partial charge in [-0.2, -0.15) is 0 Å². The maximum Gasteiger partial charge on any atom is 0.241 e. The van der Waals surface area contributed by atoms with E-state index in [1.165, 1.54) is 0 Å². The first kappa shape index (κ1) is 23.3. The Morgan fingerprint density at radius 3 is 2.46 bits per heavy atom. The zero-order valence-electron chi connectivity index (χ0n) is 20.1. The monoisotopic (exact) mass is 473 g/mol. The summed E-state index contributed by atoms with van der Waals surface area (Å²) in [6.07, 6.45) is 6.59. The number of likely N-dealkylation sites (tertiary alicyclic amines) is 1. The van der Waals surface area contributed by atoms with Crippen molar-refractivity contribution in [2.24, 2.45) is 0 Å². The Balaban J connectivity index is 1.38. The number of carbonyl (C=O) groups is 1. The van der Waals surface area contributed by atoms with Gasteiger partial charge in [0.15, 0.2) is 0 Å². The Bertz CT molecular complexity index is 1130. The minimum Gasteiger partial charge on any atom is -0.497 e. The van der Waals surface area contributed by atoms with Gasteiger partial charge in [0.25, 0.3) is 0 Å². The molecule has 2 aliphatic rings. The minimum absolute atomic E-state index is 0.0577. The number of carbonyl (C=O) groups excluding carboxylic acids is 1. The molecule has 2 aliphatic heterocycles. The lowest BCUT2D eigenvalue weighted by atomic mass is 9.72. The van der Waals surface area contributed by atoms with Gasteiger partial charge in [0.1, 0.15) is 17.2 Å². The summed E-state index contributed by atoms with van der Waals surface area (Å²) in [6.45, 7) is 2.55. The summed E-state index contributed by atoms with van der Waals surface area (Å²) >= 11 is 0. The second-order valence-corrected chi connectivity index (χ2v) is 9.18. The Hall–Kier alpha value is -3.45. The molecule has 35 heavy (non-hydrogen) atoms. The van der Waals surface area contributed by atoms with Gasteiger partial charge in [0, 0.05) is 44.6 Å². The van der Waals surface area contributed by atoms with E-state index >= 15 is 0 Å². The van der Waals surface area contributed by atoms with E-state index in [9.17, 15) is 4.79 Å². The van der Waals surface area contributed by atoms with E-state index in [0.717, 1.165) is 36.4 Å². The standard InChI is InChI=1S/C28H31N3O4/c1-33-23-9-11-24(12-10-23)35-26-25(29-15-16-30-26)21-6-5-17-31(20-21)27(32)28(13-18-34-19-14-28)22-7-3-2-4-8-22/h2-4,7-12,15-16,21H,5-6,13-14,17-20H2,1H3/t21-/m0/s1. The molecule has 182 valence electrons. The van der Waals surface area contributed by atoms with Gasteiger partial charge in [-0.05, 0) is 55.5 Å². The Kier molecular flexibility index (Phi) is 6.95. The number of amides is 1. The van der Waals surface area contributed by atoms with Crippen LogP contribution in [0.1, 0.15) is 42.9 Å². The van der Waals surface area contributed by atoms with Crippen molar-refractivity contribution in [3.8, 4) is 17.4 Å². The number of hydrogen-bond donors (Lipinski definition) is 0. The van der Waals surface area contributed by atoms with Gasteiger partial charge in [0.2, 0.25) is 11.8 Å². The molecule has 3 heterocycles. The largest absolute Gasteiger partial charge is 0.497 e. The van der Waals surface area contributed by atoms with Gasteiger partial charge in [0.05, 0.1) is 12.5 Å². The van der Waals surface area contributed by atoms with Gasteiger partial charge in [-0.3, -0.25) is 9.78 Å². The second kappa shape index (κ2) is 10.4. The van der Waals surface area contributed by atoms with Gasteiger partial charge in [-0.1, -0.05) is 30.3 Å². The van der Waals surface area contributed by atoms with Crippen LogP contribution in [0.25, 0.3) is 0 Å². The van der Waals surface area contributed by atoms with Crippen LogP contribution in [-0.2, 0) is 14.9 Å². The molecule has 7 heteroatoms. The molecule has 7 nitrogen and oxygen atoms in total. The summed E-state index contributed by atoms with van der Waals surface area (Å²) in [5.74, 6) is 2.17. The molecular formula is C28H31N3O4. The van der Waals surface area contributed by atoms with E-state index in [2.05, 4.69) is 22.1 Å². The summed E-state index contributed by atoms with van der Waals surface area (Å²) in [4.78, 5) is 25.2. The highest BCUT2D eigenvalue weighted by molar-refractivity contribution is 5.88. The summed E-state index contributed by atoms with van der Waals surface area (Å²) in [5.41, 5.74) is 1.34. The number of piperidine rings is 1. The average molecular weight is 474 g/mol. The molecule has 0 N–H and O–H groups in total. The second-order valence-electron chi connectivity index (χ2n) is 9.18. The van der Waals surface area contributed by atoms with Crippen LogP contribution < -0.4 is 9.47 Å². The van der Waals surface area contributed by atoms with Gasteiger partial charge < -0.3 is 19.1 Å². The first-order valence-corrected chi connectivity index (χ1v) is 12.2. The first-order valence-electron chi connectivity index (χ1n) is 12.2. The average Bonchev–Trinajstić information content (AvgIpc) is 2.94. The van der Waals surface area contributed by atoms with Crippen LogP contribution in [0.5, 0.6) is 17.4 Å². The zero-order chi connectivity index (χ0) is 24.1. The predicted molar refractivity (Wildman–Crippen MR) is 132 cm³/mol. The number of nitrogens with zero attached hydrogens (tertiary/aromatic N) is 3. The fourth-order valence-corrected chi connectivity index (χ4v) is 5.24. The third kappa shape index (κ3) is 4.86. The highest BCUT2D eigenvalue weighted by Crippen LogP contribution is 2.39. The summed E-state index contributed by atoms with van der Waals surface area (Å²) in [5, 5.41) is 0. The smallest absolute Gasteiger partial charge is 0.241 e. The van der Waals surface area contributed by atoms with Gasteiger partial charge in [-0.25, -0.2) is 4.98 Å². The third-order valence-corrected chi connectivity index (χ3v) is 7.14. The van der Waals surface area contributed by atoms with Crippen molar-refractivity contribution in [2.45, 2.75) is 37.0 Å². The van der Waals surface area contributed by atoms with Crippen LogP contribution in [0.3, 0.4) is 0 Å². The molecule has 0 bridgehead atoms. The van der Waals surface area contributed by atoms with E-state index in [0.29, 0.717) is 44.2 Å². The lowest BCUT2D eigenvalue weighted by Crippen LogP contribution is -2.52. The zero-order valence-corrected chi connectivity index (χ0v) is 20.1. The quantitative estimate of drug-likeness (QED) is 0.515. The van der Waals surface area contributed by atoms with Crippen molar-refractivity contribution >= 4 is 5.91 Å². The lowest BCUT2D eigenvalue weighted by Gasteiger charge is -2.42. The van der Waals surface area contributed by atoms with Crippen LogP contribution in [-0.4, -0.2) is 54.2 Å². The number of ether oxygens (including phenoxy) is 3. The molecule has 0 unspecified atom stereocenters. The molecule has 1 aromatic heterocycles. The molecule has 2 aromatic carbocycles. The minimum atomic E-state index is -0.536. The van der Waals surface area contributed by atoms with Crippen LogP contribution in [0.15, 0.2) is 67.0 Å². The molecule has 1 amide bonds. The van der Waals surface area contributed by atoms with E-state index in [4.69, 9.17) is 14.2 Å². The highest BCUT2D eigenvalue weighted by Gasteiger charge is 2.45. The SMILES string of the molecule is COc1ccc(Oc2nccnc2[C@H]2CCCN(C(=O)C3(c4ccccc4)CCOCC3)C2)cc1. The Morgan fingerprint density at radius 2 is 1.71 bits per heavy atom. The summed E-state index contributed by atoms with van der Waals surface area (Å²) in [6, 6.07) is 17.6. The molecular weight excluding hydrogens is 442 g/mol. The lowest BCUT2D eigenvalue weighted by molar-refractivity contribution is -0.142. The Morgan fingerprint density at radius 1 is 1.00 bits per heavy atom. The van der Waals surface area contributed by atoms with Crippen LogP contribution in [0.4, 0.5) is 0 Å². The fourth-order valence-electron chi connectivity index (χ4n) is 5.24. The van der Waals surface area contributed by atoms with Crippen LogP contribution >= 0.6 is 0 Å². The molecule has 0 radical (unpaired) electrons. The maximum atomic E-state index is 14.1. The van der Waals surface area contributed by atoms with E-state index in [1.807, 2.05) is 47.4 Å². The molecule has 3 aromatic rings. The topological polar surface area (TPSA) is 73.8 Å². The number of rotatable bonds is 6. The molecule has 1 atom stereocenters. The summed E-state index contributed by atoms with van der Waals surface area (Å²) < 4.78 is 17.0. The molecule has 2 fully saturated rings. The van der Waals surface area contributed by atoms with Crippen molar-refractivity contribution in [1.29, 1.82) is 0 Å². The molecule has 0 saturated carbocycles. The number of benzene rings is 2. The van der Waals surface area contributed by atoms with Crippen LogP contribution in [0, 0.1) is 0 Å². The molecule has 2 saturated heterocycles. The highest BCUT2D eigenvalue weighted by atomic mass is 16.5. The number of methoxy groups -OCH3 is 1. The fraction of sp³-hybridized carbons (Fsp3) is 0.393. The van der Waals surface area contributed by atoms with Crippen molar-refractivity contribution in [1.82, 2.24) is 14.9 Å². The maximum absolute atomic E-state index is 14.1. The normalized spacial score (nSPS) is 19.7. The van der Waals surface area contributed by atoms with Crippen molar-refractivity contribution in [2.75, 3.05) is 33.4 Å². The molecule has 5 rings (SSSR count). The van der Waals surface area contributed by atoms with E-state index in [1.54, 1.807) is 19.5 Å². The van der Waals surface area contributed by atoms with Crippen molar-refractivity contribution in [3.63, 3.8) is 0 Å². The first-order chi connectivity index (χ1) is 17.2. The van der Waals surface area contributed by atoms with Gasteiger partial charge in [-0.15, -0.1) is 0 Å². The third-order valence-electron chi connectivity index (χ3n) is 7.14. The number of aromatic nitrogens is 2. The van der Waals surface area contributed by atoms with Gasteiger partial charge >= 0.3 is 0 Å². The van der Waals surface area contributed by atoms with E-state index < -0.39 is 5.41 Å². The Labute approximate surface area is 206 Å². The van der Waals surface area contributed by atoms with E-state index in [-0.39, 0.29) is 11.8 Å². The molecule has 0 spiro atoms.